The standard InChI is InChI=1S/C16H18N2O5/c17-8-12-4-1-2-6-14(12)22-11-16(20)23-10-15(19)18-9-13-5-3-7-21-13/h1-2,4,6,13H,3,5,7,9-11H2,(H,18,19)/t13-/m1/s1. The third kappa shape index (κ3) is 5.60. The van der Waals surface area contributed by atoms with Crippen LogP contribution in [0.2, 0.25) is 0 Å². The summed E-state index contributed by atoms with van der Waals surface area (Å²) in [5, 5.41) is 11.5. The Bertz CT molecular complexity index is 590. The van der Waals surface area contributed by atoms with Crippen LogP contribution in [0.3, 0.4) is 0 Å². The molecule has 1 amide bonds. The number of carbonyl (C=O) groups is 2. The van der Waals surface area contributed by atoms with Gasteiger partial charge in [0, 0.05) is 13.2 Å². The zero-order valence-electron chi connectivity index (χ0n) is 12.6. The van der Waals surface area contributed by atoms with Crippen LogP contribution in [0, 0.1) is 11.3 Å². The summed E-state index contributed by atoms with van der Waals surface area (Å²) in [6.07, 6.45) is 1.96. The SMILES string of the molecule is N#Cc1ccccc1OCC(=O)OCC(=O)NC[C@H]1CCCO1. The molecular formula is C16H18N2O5. The van der Waals surface area contributed by atoms with Gasteiger partial charge >= 0.3 is 5.97 Å². The molecule has 1 atom stereocenters. The number of para-hydroxylation sites is 1. The third-order valence-corrected chi connectivity index (χ3v) is 3.27. The Morgan fingerprint density at radius 1 is 1.35 bits per heavy atom. The van der Waals surface area contributed by atoms with Crippen LogP contribution in [-0.4, -0.2) is 44.3 Å². The minimum atomic E-state index is -0.676. The van der Waals surface area contributed by atoms with Gasteiger partial charge in [0.15, 0.2) is 13.2 Å². The Morgan fingerprint density at radius 2 is 2.17 bits per heavy atom. The summed E-state index contributed by atoms with van der Waals surface area (Å²) < 4.78 is 15.4. The van der Waals surface area contributed by atoms with Crippen molar-refractivity contribution in [1.29, 1.82) is 5.26 Å². The van der Waals surface area contributed by atoms with Gasteiger partial charge in [0.25, 0.3) is 5.91 Å². The van der Waals surface area contributed by atoms with Crippen molar-refractivity contribution >= 4 is 11.9 Å². The molecule has 1 heterocycles. The Balaban J connectivity index is 1.64. The number of nitrogens with zero attached hydrogens (tertiary/aromatic N) is 1. The molecule has 0 saturated carbocycles. The Hall–Kier alpha value is -2.59. The molecule has 0 spiro atoms. The highest BCUT2D eigenvalue weighted by Gasteiger charge is 2.16. The molecule has 122 valence electrons. The van der Waals surface area contributed by atoms with Crippen molar-refractivity contribution in [2.24, 2.45) is 0 Å². The molecule has 0 aromatic heterocycles. The predicted octanol–water partition coefficient (Wildman–Crippen LogP) is 0.775. The fourth-order valence-electron chi connectivity index (χ4n) is 2.09. The molecule has 1 N–H and O–H groups in total. The summed E-state index contributed by atoms with van der Waals surface area (Å²) in [6, 6.07) is 8.52. The molecule has 2 rings (SSSR count). The first-order chi connectivity index (χ1) is 11.2. The van der Waals surface area contributed by atoms with Crippen molar-refractivity contribution in [2.45, 2.75) is 18.9 Å². The molecule has 0 unspecified atom stereocenters. The molecule has 7 nitrogen and oxygen atoms in total. The molecule has 1 aliphatic rings. The fraction of sp³-hybridized carbons (Fsp3) is 0.438. The number of amides is 1. The molecule has 1 aliphatic heterocycles. The van der Waals surface area contributed by atoms with Crippen LogP contribution in [0.5, 0.6) is 5.75 Å². The second-order valence-electron chi connectivity index (χ2n) is 5.00. The van der Waals surface area contributed by atoms with Crippen molar-refractivity contribution in [3.8, 4) is 11.8 Å². The van der Waals surface area contributed by atoms with E-state index in [1.54, 1.807) is 24.3 Å². The highest BCUT2D eigenvalue weighted by molar-refractivity contribution is 5.80. The third-order valence-electron chi connectivity index (χ3n) is 3.27. The van der Waals surface area contributed by atoms with Crippen LogP contribution >= 0.6 is 0 Å². The lowest BCUT2D eigenvalue weighted by molar-refractivity contribution is -0.150. The van der Waals surface area contributed by atoms with Gasteiger partial charge in [-0.2, -0.15) is 5.26 Å². The molecule has 23 heavy (non-hydrogen) atoms. The molecule has 1 fully saturated rings. The predicted molar refractivity (Wildman–Crippen MR) is 79.6 cm³/mol. The number of hydrogen-bond donors (Lipinski definition) is 1. The van der Waals surface area contributed by atoms with E-state index in [-0.39, 0.29) is 25.2 Å². The summed E-state index contributed by atoms with van der Waals surface area (Å²) in [5.41, 5.74) is 0.328. The van der Waals surface area contributed by atoms with E-state index in [0.29, 0.717) is 17.9 Å². The maximum atomic E-state index is 11.6. The van der Waals surface area contributed by atoms with E-state index in [1.807, 2.05) is 6.07 Å². The van der Waals surface area contributed by atoms with Gasteiger partial charge in [-0.15, -0.1) is 0 Å². The molecular weight excluding hydrogens is 300 g/mol. The molecule has 0 aliphatic carbocycles. The quantitative estimate of drug-likeness (QED) is 0.746. The highest BCUT2D eigenvalue weighted by Crippen LogP contribution is 2.16. The van der Waals surface area contributed by atoms with Crippen LogP contribution in [0.15, 0.2) is 24.3 Å². The lowest BCUT2D eigenvalue weighted by Gasteiger charge is -2.11. The summed E-state index contributed by atoms with van der Waals surface area (Å²) >= 11 is 0. The van der Waals surface area contributed by atoms with Gasteiger partial charge < -0.3 is 19.5 Å². The highest BCUT2D eigenvalue weighted by atomic mass is 16.6. The van der Waals surface area contributed by atoms with Crippen LogP contribution in [0.1, 0.15) is 18.4 Å². The number of nitrogens with one attached hydrogen (secondary N) is 1. The normalized spacial score (nSPS) is 16.4. The fourth-order valence-corrected chi connectivity index (χ4v) is 2.09. The van der Waals surface area contributed by atoms with E-state index < -0.39 is 5.97 Å². The summed E-state index contributed by atoms with van der Waals surface area (Å²) in [6.45, 7) is 0.409. The van der Waals surface area contributed by atoms with Crippen molar-refractivity contribution in [1.82, 2.24) is 5.32 Å². The van der Waals surface area contributed by atoms with E-state index >= 15 is 0 Å². The molecule has 0 bridgehead atoms. The second-order valence-corrected chi connectivity index (χ2v) is 5.00. The number of benzene rings is 1. The molecule has 1 aromatic rings. The second kappa shape index (κ2) is 8.76. The number of rotatable bonds is 7. The first-order valence-corrected chi connectivity index (χ1v) is 7.35. The van der Waals surface area contributed by atoms with Gasteiger partial charge in [0.2, 0.25) is 0 Å². The van der Waals surface area contributed by atoms with Crippen molar-refractivity contribution in [2.75, 3.05) is 26.4 Å². The minimum Gasteiger partial charge on any atom is -0.481 e. The van der Waals surface area contributed by atoms with E-state index in [4.69, 9.17) is 19.5 Å². The maximum Gasteiger partial charge on any atom is 0.344 e. The van der Waals surface area contributed by atoms with E-state index in [0.717, 1.165) is 19.4 Å². The average Bonchev–Trinajstić information content (AvgIpc) is 3.10. The van der Waals surface area contributed by atoms with Crippen LogP contribution in [0.4, 0.5) is 0 Å². The van der Waals surface area contributed by atoms with Crippen LogP contribution < -0.4 is 10.1 Å². The number of hydrogen-bond acceptors (Lipinski definition) is 6. The van der Waals surface area contributed by atoms with Crippen LogP contribution in [0.25, 0.3) is 0 Å². The number of esters is 1. The minimum absolute atomic E-state index is 0.0421. The number of ether oxygens (including phenoxy) is 3. The molecule has 7 heteroatoms. The zero-order valence-corrected chi connectivity index (χ0v) is 12.6. The first kappa shape index (κ1) is 16.8. The Kier molecular flexibility index (Phi) is 6.39. The van der Waals surface area contributed by atoms with Gasteiger partial charge in [0.1, 0.15) is 11.8 Å². The van der Waals surface area contributed by atoms with Gasteiger partial charge in [0.05, 0.1) is 11.7 Å². The first-order valence-electron chi connectivity index (χ1n) is 7.35. The van der Waals surface area contributed by atoms with Crippen molar-refractivity contribution < 1.29 is 23.8 Å². The van der Waals surface area contributed by atoms with Gasteiger partial charge in [-0.1, -0.05) is 12.1 Å². The van der Waals surface area contributed by atoms with Crippen molar-refractivity contribution in [3.05, 3.63) is 29.8 Å². The van der Waals surface area contributed by atoms with Crippen LogP contribution in [-0.2, 0) is 19.1 Å². The zero-order chi connectivity index (χ0) is 16.5. The molecule has 1 saturated heterocycles. The smallest absolute Gasteiger partial charge is 0.344 e. The lowest BCUT2D eigenvalue weighted by atomic mass is 10.2. The number of carbonyl (C=O) groups excluding carboxylic acids is 2. The van der Waals surface area contributed by atoms with Gasteiger partial charge in [-0.3, -0.25) is 4.79 Å². The largest absolute Gasteiger partial charge is 0.481 e. The summed E-state index contributed by atoms with van der Waals surface area (Å²) in [5.74, 6) is -0.758. The molecule has 0 radical (unpaired) electrons. The van der Waals surface area contributed by atoms with Gasteiger partial charge in [-0.25, -0.2) is 4.79 Å². The van der Waals surface area contributed by atoms with Crippen molar-refractivity contribution in [3.63, 3.8) is 0 Å². The maximum absolute atomic E-state index is 11.6. The topological polar surface area (TPSA) is 97.6 Å². The Labute approximate surface area is 134 Å². The van der Waals surface area contributed by atoms with E-state index in [2.05, 4.69) is 5.32 Å². The summed E-state index contributed by atoms with van der Waals surface area (Å²) in [4.78, 5) is 23.1. The van der Waals surface area contributed by atoms with E-state index in [9.17, 15) is 9.59 Å². The monoisotopic (exact) mass is 318 g/mol. The molecule has 1 aromatic carbocycles. The van der Waals surface area contributed by atoms with E-state index in [1.165, 1.54) is 0 Å². The van der Waals surface area contributed by atoms with Gasteiger partial charge in [-0.05, 0) is 25.0 Å². The summed E-state index contributed by atoms with van der Waals surface area (Å²) in [7, 11) is 0. The Morgan fingerprint density at radius 3 is 2.91 bits per heavy atom. The number of nitriles is 1. The average molecular weight is 318 g/mol. The lowest BCUT2D eigenvalue weighted by Crippen LogP contribution is -2.35.